The minimum atomic E-state index is -4.63. The van der Waals surface area contributed by atoms with Gasteiger partial charge >= 0.3 is 6.18 Å². The number of aromatic nitrogens is 2. The van der Waals surface area contributed by atoms with Crippen molar-refractivity contribution in [2.75, 3.05) is 20.1 Å². The van der Waals surface area contributed by atoms with E-state index in [0.29, 0.717) is 6.54 Å². The van der Waals surface area contributed by atoms with E-state index in [9.17, 15) is 13.2 Å². The second-order valence-electron chi connectivity index (χ2n) is 4.14. The zero-order valence-electron chi connectivity index (χ0n) is 9.54. The molecule has 1 unspecified atom stereocenters. The Kier molecular flexibility index (Phi) is 3.63. The van der Waals surface area contributed by atoms with E-state index in [1.54, 1.807) is 0 Å². The summed E-state index contributed by atoms with van der Waals surface area (Å²) in [5.74, 6) is -1.42. The molecule has 1 aliphatic rings. The maximum atomic E-state index is 12.5. The lowest BCUT2D eigenvalue weighted by atomic mass is 10.3. The molecule has 1 atom stereocenters. The number of likely N-dealkylation sites (N-methyl/N-ethyl adjacent to an activating group) is 1. The summed E-state index contributed by atoms with van der Waals surface area (Å²) in [4.78, 5) is 8.49. The zero-order chi connectivity index (χ0) is 13.3. The van der Waals surface area contributed by atoms with Crippen LogP contribution in [0.4, 0.5) is 13.2 Å². The van der Waals surface area contributed by atoms with Gasteiger partial charge in [-0.2, -0.15) is 18.2 Å². The highest BCUT2D eigenvalue weighted by Gasteiger charge is 2.36. The lowest BCUT2D eigenvalue weighted by molar-refractivity contribution is -0.145. The molecule has 1 saturated heterocycles. The normalized spacial score (nSPS) is 21.3. The standard InChI is InChI=1S/C10H11ClF3N3O/c1-17-3-2-6(5-17)18-8-4-7(11)15-9(16-8)10(12,13)14/h4,6H,2-3,5H2,1H3. The fourth-order valence-corrected chi connectivity index (χ4v) is 1.92. The average Bonchev–Trinajstić information content (AvgIpc) is 2.61. The second kappa shape index (κ2) is 4.89. The maximum absolute atomic E-state index is 12.5. The van der Waals surface area contributed by atoms with Gasteiger partial charge in [-0.15, -0.1) is 0 Å². The van der Waals surface area contributed by atoms with Gasteiger partial charge in [-0.25, -0.2) is 4.98 Å². The van der Waals surface area contributed by atoms with Crippen molar-refractivity contribution < 1.29 is 17.9 Å². The van der Waals surface area contributed by atoms with Gasteiger partial charge in [0.1, 0.15) is 11.3 Å². The van der Waals surface area contributed by atoms with Crippen molar-refractivity contribution in [3.05, 3.63) is 17.0 Å². The molecule has 8 heteroatoms. The fourth-order valence-electron chi connectivity index (χ4n) is 1.75. The van der Waals surface area contributed by atoms with Crippen LogP contribution in [0.5, 0.6) is 5.88 Å². The molecule has 2 heterocycles. The van der Waals surface area contributed by atoms with Crippen LogP contribution in [0, 0.1) is 0 Å². The number of likely N-dealkylation sites (tertiary alicyclic amines) is 1. The van der Waals surface area contributed by atoms with Crippen LogP contribution in [0.2, 0.25) is 5.15 Å². The van der Waals surface area contributed by atoms with E-state index >= 15 is 0 Å². The Morgan fingerprint density at radius 1 is 1.44 bits per heavy atom. The third kappa shape index (κ3) is 3.23. The molecule has 0 saturated carbocycles. The number of nitrogens with zero attached hydrogens (tertiary/aromatic N) is 3. The monoisotopic (exact) mass is 281 g/mol. The first-order chi connectivity index (χ1) is 8.34. The molecular weight excluding hydrogens is 271 g/mol. The van der Waals surface area contributed by atoms with E-state index in [0.717, 1.165) is 13.0 Å². The first kappa shape index (κ1) is 13.4. The van der Waals surface area contributed by atoms with Gasteiger partial charge in [0.2, 0.25) is 11.7 Å². The molecule has 0 amide bonds. The Morgan fingerprint density at radius 3 is 2.72 bits per heavy atom. The van der Waals surface area contributed by atoms with Crippen LogP contribution in [-0.2, 0) is 6.18 Å². The van der Waals surface area contributed by atoms with Gasteiger partial charge in [0.25, 0.3) is 0 Å². The average molecular weight is 282 g/mol. The van der Waals surface area contributed by atoms with E-state index in [4.69, 9.17) is 16.3 Å². The van der Waals surface area contributed by atoms with Crippen LogP contribution >= 0.6 is 11.6 Å². The molecule has 1 aromatic heterocycles. The molecule has 0 bridgehead atoms. The summed E-state index contributed by atoms with van der Waals surface area (Å²) < 4.78 is 42.8. The number of halogens is 4. The van der Waals surface area contributed by atoms with E-state index in [-0.39, 0.29) is 17.1 Å². The van der Waals surface area contributed by atoms with Gasteiger partial charge in [0.05, 0.1) is 0 Å². The van der Waals surface area contributed by atoms with E-state index in [2.05, 4.69) is 9.97 Å². The summed E-state index contributed by atoms with van der Waals surface area (Å²) in [7, 11) is 1.91. The quantitative estimate of drug-likeness (QED) is 0.779. The third-order valence-corrected chi connectivity index (χ3v) is 2.75. The molecule has 0 spiro atoms. The van der Waals surface area contributed by atoms with E-state index < -0.39 is 12.0 Å². The van der Waals surface area contributed by atoms with Crippen LogP contribution in [0.25, 0.3) is 0 Å². The predicted octanol–water partition coefficient (Wildman–Crippen LogP) is 2.23. The summed E-state index contributed by atoms with van der Waals surface area (Å²) in [6.45, 7) is 1.50. The lowest BCUT2D eigenvalue weighted by Crippen LogP contribution is -2.22. The maximum Gasteiger partial charge on any atom is 0.451 e. The SMILES string of the molecule is CN1CCC(Oc2cc(Cl)nc(C(F)(F)F)n2)C1. The molecular formula is C10H11ClF3N3O. The van der Waals surface area contributed by atoms with Gasteiger partial charge in [-0.1, -0.05) is 11.6 Å². The molecule has 2 rings (SSSR count). The first-order valence-electron chi connectivity index (χ1n) is 5.31. The molecule has 1 aliphatic heterocycles. The number of rotatable bonds is 2. The Labute approximate surface area is 107 Å². The topological polar surface area (TPSA) is 38.2 Å². The number of hydrogen-bond donors (Lipinski definition) is 0. The minimum Gasteiger partial charge on any atom is -0.473 e. The Morgan fingerprint density at radius 2 is 2.17 bits per heavy atom. The van der Waals surface area contributed by atoms with Crippen molar-refractivity contribution in [2.24, 2.45) is 0 Å². The van der Waals surface area contributed by atoms with Gasteiger partial charge < -0.3 is 9.64 Å². The Bertz CT molecular complexity index is 441. The fraction of sp³-hybridized carbons (Fsp3) is 0.600. The first-order valence-corrected chi connectivity index (χ1v) is 5.69. The highest BCUT2D eigenvalue weighted by molar-refractivity contribution is 6.29. The van der Waals surface area contributed by atoms with Gasteiger partial charge in [0.15, 0.2) is 0 Å². The van der Waals surface area contributed by atoms with Crippen molar-refractivity contribution in [3.8, 4) is 5.88 Å². The number of ether oxygens (including phenoxy) is 1. The largest absolute Gasteiger partial charge is 0.473 e. The summed E-state index contributed by atoms with van der Waals surface area (Å²) >= 11 is 5.53. The van der Waals surface area contributed by atoms with Crippen LogP contribution in [0.1, 0.15) is 12.2 Å². The van der Waals surface area contributed by atoms with Crippen LogP contribution in [0.15, 0.2) is 6.07 Å². The van der Waals surface area contributed by atoms with Crippen molar-refractivity contribution in [3.63, 3.8) is 0 Å². The summed E-state index contributed by atoms with van der Waals surface area (Å²) in [5.41, 5.74) is 0. The Balaban J connectivity index is 2.15. The highest BCUT2D eigenvalue weighted by Crippen LogP contribution is 2.29. The number of hydrogen-bond acceptors (Lipinski definition) is 4. The second-order valence-corrected chi connectivity index (χ2v) is 4.53. The van der Waals surface area contributed by atoms with Crippen molar-refractivity contribution >= 4 is 11.6 Å². The summed E-state index contributed by atoms with van der Waals surface area (Å²) in [6, 6.07) is 1.19. The molecule has 0 aliphatic carbocycles. The van der Waals surface area contributed by atoms with Gasteiger partial charge in [-0.05, 0) is 13.5 Å². The van der Waals surface area contributed by atoms with Crippen molar-refractivity contribution in [1.82, 2.24) is 14.9 Å². The molecule has 0 N–H and O–H groups in total. The third-order valence-electron chi connectivity index (χ3n) is 2.56. The minimum absolute atomic E-state index is 0.136. The number of alkyl halides is 3. The molecule has 1 aromatic rings. The van der Waals surface area contributed by atoms with Crippen molar-refractivity contribution in [2.45, 2.75) is 18.7 Å². The zero-order valence-corrected chi connectivity index (χ0v) is 10.3. The Hall–Kier alpha value is -1.08. The molecule has 1 fully saturated rings. The van der Waals surface area contributed by atoms with Crippen molar-refractivity contribution in [1.29, 1.82) is 0 Å². The predicted molar refractivity (Wildman–Crippen MR) is 58.6 cm³/mol. The van der Waals surface area contributed by atoms with Crippen LogP contribution in [-0.4, -0.2) is 41.1 Å². The van der Waals surface area contributed by atoms with Gasteiger partial charge in [-0.3, -0.25) is 0 Å². The molecule has 18 heavy (non-hydrogen) atoms. The van der Waals surface area contributed by atoms with E-state index in [1.807, 2.05) is 11.9 Å². The molecule has 0 radical (unpaired) electrons. The molecule has 4 nitrogen and oxygen atoms in total. The lowest BCUT2D eigenvalue weighted by Gasteiger charge is -2.14. The van der Waals surface area contributed by atoms with Crippen LogP contribution in [0.3, 0.4) is 0 Å². The smallest absolute Gasteiger partial charge is 0.451 e. The van der Waals surface area contributed by atoms with Gasteiger partial charge in [0, 0.05) is 19.2 Å². The highest BCUT2D eigenvalue weighted by atomic mass is 35.5. The summed E-state index contributed by atoms with van der Waals surface area (Å²) in [6.07, 6.45) is -4.04. The molecule has 100 valence electrons. The summed E-state index contributed by atoms with van der Waals surface area (Å²) in [5, 5.41) is -0.279. The van der Waals surface area contributed by atoms with E-state index in [1.165, 1.54) is 6.07 Å². The van der Waals surface area contributed by atoms with Crippen LogP contribution < -0.4 is 4.74 Å². The molecule has 0 aromatic carbocycles.